The Kier molecular flexibility index (Phi) is 3.72. The molecule has 4 heteroatoms. The lowest BCUT2D eigenvalue weighted by Gasteiger charge is -2.21. The summed E-state index contributed by atoms with van der Waals surface area (Å²) in [6.45, 7) is 1.39. The van der Waals surface area contributed by atoms with Gasteiger partial charge in [-0.05, 0) is 24.3 Å². The number of hydrogen-bond donors (Lipinski definition) is 1. The molecule has 0 fully saturated rings. The smallest absolute Gasteiger partial charge is 0.227 e. The van der Waals surface area contributed by atoms with Gasteiger partial charge in [-0.1, -0.05) is 12.1 Å². The van der Waals surface area contributed by atoms with Crippen LogP contribution in [0.1, 0.15) is 12.8 Å². The zero-order valence-corrected chi connectivity index (χ0v) is 9.95. The third-order valence-corrected chi connectivity index (χ3v) is 2.79. The molecule has 0 unspecified atom stereocenters. The third-order valence-electron chi connectivity index (χ3n) is 2.57. The molecule has 1 aliphatic rings. The second kappa shape index (κ2) is 5.25. The first-order valence-electron chi connectivity index (χ1n) is 5.46. The molecule has 0 atom stereocenters. The average molecular weight is 237 g/mol. The van der Waals surface area contributed by atoms with Gasteiger partial charge in [-0.2, -0.15) is 12.6 Å². The van der Waals surface area contributed by atoms with Gasteiger partial charge < -0.3 is 9.64 Å². The largest absolute Gasteiger partial charge is 0.491 e. The van der Waals surface area contributed by atoms with E-state index < -0.39 is 0 Å². The molecule has 0 N–H and O–H groups in total. The molecule has 0 aromatic heterocycles. The molecule has 86 valence electrons. The number of nitrogens with zero attached hydrogens (tertiary/aromatic N) is 1. The molecule has 2 rings (SSSR count). The Labute approximate surface area is 101 Å². The highest BCUT2D eigenvalue weighted by Gasteiger charge is 2.20. The van der Waals surface area contributed by atoms with Crippen LogP contribution in [-0.2, 0) is 4.79 Å². The Bertz CT molecular complexity index is 381. The lowest BCUT2D eigenvalue weighted by Crippen LogP contribution is -2.31. The van der Waals surface area contributed by atoms with Gasteiger partial charge in [0.15, 0.2) is 0 Å². The number of carbonyl (C=O) groups excluding carboxylic acids is 1. The van der Waals surface area contributed by atoms with Crippen LogP contribution in [0.25, 0.3) is 0 Å². The maximum absolute atomic E-state index is 11.9. The van der Waals surface area contributed by atoms with Crippen molar-refractivity contribution in [1.29, 1.82) is 0 Å². The number of anilines is 1. The Balaban J connectivity index is 2.28. The molecule has 0 radical (unpaired) electrons. The number of carbonyl (C=O) groups is 1. The molecule has 3 nitrogen and oxygen atoms in total. The summed E-state index contributed by atoms with van der Waals surface area (Å²) in [5.74, 6) is 1.50. The minimum atomic E-state index is 0.118. The van der Waals surface area contributed by atoms with Crippen molar-refractivity contribution in [3.05, 3.63) is 24.3 Å². The quantitative estimate of drug-likeness (QED) is 0.798. The molecular formula is C12H15NO2S. The van der Waals surface area contributed by atoms with Gasteiger partial charge in [0, 0.05) is 13.0 Å². The average Bonchev–Trinajstić information content (AvgIpc) is 2.51. The summed E-state index contributed by atoms with van der Waals surface area (Å²) < 4.78 is 5.59. The fourth-order valence-corrected chi connectivity index (χ4v) is 2.01. The van der Waals surface area contributed by atoms with Crippen LogP contribution in [0.3, 0.4) is 0 Å². The fourth-order valence-electron chi connectivity index (χ4n) is 1.82. The van der Waals surface area contributed by atoms with Gasteiger partial charge in [0.1, 0.15) is 5.75 Å². The minimum Gasteiger partial charge on any atom is -0.491 e. The van der Waals surface area contributed by atoms with Gasteiger partial charge in [-0.15, -0.1) is 0 Å². The number of hydrogen-bond acceptors (Lipinski definition) is 3. The van der Waals surface area contributed by atoms with Gasteiger partial charge in [-0.3, -0.25) is 4.79 Å². The van der Waals surface area contributed by atoms with Crippen LogP contribution in [0.2, 0.25) is 0 Å². The monoisotopic (exact) mass is 237 g/mol. The number of amides is 1. The summed E-state index contributed by atoms with van der Waals surface area (Å²) in [6.07, 6.45) is 1.34. The highest BCUT2D eigenvalue weighted by molar-refractivity contribution is 7.80. The van der Waals surface area contributed by atoms with Crippen LogP contribution >= 0.6 is 12.6 Å². The summed E-state index contributed by atoms with van der Waals surface area (Å²) in [4.78, 5) is 13.7. The highest BCUT2D eigenvalue weighted by Crippen LogP contribution is 2.30. The predicted molar refractivity (Wildman–Crippen MR) is 67.4 cm³/mol. The van der Waals surface area contributed by atoms with Crippen LogP contribution in [-0.4, -0.2) is 24.8 Å². The lowest BCUT2D eigenvalue weighted by atomic mass is 10.2. The molecule has 1 aromatic rings. The number of rotatable bonds is 2. The van der Waals surface area contributed by atoms with E-state index in [4.69, 9.17) is 4.74 Å². The van der Waals surface area contributed by atoms with Crippen molar-refractivity contribution in [2.24, 2.45) is 0 Å². The molecular weight excluding hydrogens is 222 g/mol. The first-order chi connectivity index (χ1) is 7.83. The van der Waals surface area contributed by atoms with E-state index in [2.05, 4.69) is 12.6 Å². The van der Waals surface area contributed by atoms with Gasteiger partial charge >= 0.3 is 0 Å². The first kappa shape index (κ1) is 11.3. The molecule has 0 saturated heterocycles. The van der Waals surface area contributed by atoms with E-state index in [-0.39, 0.29) is 5.91 Å². The Morgan fingerprint density at radius 2 is 2.25 bits per heavy atom. The summed E-state index contributed by atoms with van der Waals surface area (Å²) in [7, 11) is 0. The van der Waals surface area contributed by atoms with Crippen LogP contribution in [0.15, 0.2) is 24.3 Å². The molecule has 1 heterocycles. The van der Waals surface area contributed by atoms with Crippen LogP contribution in [0, 0.1) is 0 Å². The topological polar surface area (TPSA) is 29.5 Å². The van der Waals surface area contributed by atoms with Crippen molar-refractivity contribution in [3.8, 4) is 5.75 Å². The zero-order valence-electron chi connectivity index (χ0n) is 9.06. The Morgan fingerprint density at radius 1 is 1.44 bits per heavy atom. The summed E-state index contributed by atoms with van der Waals surface area (Å²) >= 11 is 4.10. The van der Waals surface area contributed by atoms with Crippen molar-refractivity contribution in [1.82, 2.24) is 0 Å². The predicted octanol–water partition coefficient (Wildman–Crippen LogP) is 2.12. The second-order valence-electron chi connectivity index (χ2n) is 3.69. The Morgan fingerprint density at radius 3 is 3.06 bits per heavy atom. The molecule has 1 aliphatic heterocycles. The Hall–Kier alpha value is -1.16. The number of fused-ring (bicyclic) bond motifs is 1. The highest BCUT2D eigenvalue weighted by atomic mass is 32.1. The molecule has 0 bridgehead atoms. The van der Waals surface area contributed by atoms with Crippen molar-refractivity contribution in [2.45, 2.75) is 12.8 Å². The molecule has 0 saturated carbocycles. The second-order valence-corrected chi connectivity index (χ2v) is 4.14. The standard InChI is InChI=1S/C12H15NO2S/c14-12(6-9-16)13-7-3-8-15-11-5-2-1-4-10(11)13/h1-2,4-5,16H,3,6-9H2. The van der Waals surface area contributed by atoms with Gasteiger partial charge in [0.25, 0.3) is 0 Å². The van der Waals surface area contributed by atoms with Crippen molar-refractivity contribution in [3.63, 3.8) is 0 Å². The van der Waals surface area contributed by atoms with Gasteiger partial charge in [0.2, 0.25) is 5.91 Å². The SMILES string of the molecule is O=C(CCS)N1CCCOc2ccccc21. The van der Waals surface area contributed by atoms with Crippen LogP contribution in [0.5, 0.6) is 5.75 Å². The van der Waals surface area contributed by atoms with Crippen LogP contribution < -0.4 is 9.64 Å². The fraction of sp³-hybridized carbons (Fsp3) is 0.417. The van der Waals surface area contributed by atoms with E-state index >= 15 is 0 Å². The molecule has 0 aliphatic carbocycles. The molecule has 0 spiro atoms. The summed E-state index contributed by atoms with van der Waals surface area (Å²) in [5.41, 5.74) is 0.881. The van der Waals surface area contributed by atoms with E-state index in [9.17, 15) is 4.79 Å². The normalized spacial score (nSPS) is 14.9. The lowest BCUT2D eigenvalue weighted by molar-refractivity contribution is -0.118. The summed E-state index contributed by atoms with van der Waals surface area (Å²) in [6, 6.07) is 7.68. The molecule has 1 amide bonds. The van der Waals surface area contributed by atoms with Gasteiger partial charge in [0.05, 0.1) is 12.3 Å². The van der Waals surface area contributed by atoms with Crippen molar-refractivity contribution < 1.29 is 9.53 Å². The molecule has 1 aromatic carbocycles. The van der Waals surface area contributed by atoms with E-state index in [1.54, 1.807) is 4.90 Å². The number of thiol groups is 1. The summed E-state index contributed by atoms with van der Waals surface area (Å²) in [5, 5.41) is 0. The first-order valence-corrected chi connectivity index (χ1v) is 6.09. The zero-order chi connectivity index (χ0) is 11.4. The van der Waals surface area contributed by atoms with Crippen molar-refractivity contribution in [2.75, 3.05) is 23.8 Å². The molecule has 16 heavy (non-hydrogen) atoms. The maximum Gasteiger partial charge on any atom is 0.227 e. The number of benzene rings is 1. The van der Waals surface area contributed by atoms with Gasteiger partial charge in [-0.25, -0.2) is 0 Å². The minimum absolute atomic E-state index is 0.118. The number of para-hydroxylation sites is 2. The third kappa shape index (κ3) is 2.32. The van der Waals surface area contributed by atoms with E-state index in [1.165, 1.54) is 0 Å². The van der Waals surface area contributed by atoms with E-state index in [0.29, 0.717) is 18.8 Å². The van der Waals surface area contributed by atoms with E-state index in [0.717, 1.165) is 24.4 Å². The van der Waals surface area contributed by atoms with E-state index in [1.807, 2.05) is 24.3 Å². The van der Waals surface area contributed by atoms with Crippen LogP contribution in [0.4, 0.5) is 5.69 Å². The maximum atomic E-state index is 11.9. The van der Waals surface area contributed by atoms with Crippen molar-refractivity contribution >= 4 is 24.2 Å². The number of ether oxygens (including phenoxy) is 1.